The van der Waals surface area contributed by atoms with E-state index in [0.29, 0.717) is 0 Å². The van der Waals surface area contributed by atoms with Gasteiger partial charge >= 0.3 is 0 Å². The van der Waals surface area contributed by atoms with Gasteiger partial charge in [-0.2, -0.15) is 0 Å². The first-order valence-electron chi connectivity index (χ1n) is 4.55. The zero-order valence-electron chi connectivity index (χ0n) is 7.45. The number of aryl methyl sites for hydroxylation is 1. The third kappa shape index (κ3) is 1.85. The van der Waals surface area contributed by atoms with Gasteiger partial charge in [0.1, 0.15) is 0 Å². The van der Waals surface area contributed by atoms with E-state index in [2.05, 4.69) is 14.9 Å². The summed E-state index contributed by atoms with van der Waals surface area (Å²) < 4.78 is 2.08. The zero-order valence-corrected chi connectivity index (χ0v) is 7.45. The predicted octanol–water partition coefficient (Wildman–Crippen LogP) is 0.715. The molecule has 0 bridgehead atoms. The SMILES string of the molecule is Cn1cncc1CCNC1CC1. The Kier molecular flexibility index (Phi) is 2.13. The van der Waals surface area contributed by atoms with Crippen LogP contribution in [-0.2, 0) is 13.5 Å². The van der Waals surface area contributed by atoms with Crippen LogP contribution in [0.3, 0.4) is 0 Å². The van der Waals surface area contributed by atoms with Crippen molar-refractivity contribution in [1.29, 1.82) is 0 Å². The molecule has 0 aromatic carbocycles. The Balaban J connectivity index is 1.75. The summed E-state index contributed by atoms with van der Waals surface area (Å²) in [5.74, 6) is 0. The number of hydrogen-bond donors (Lipinski definition) is 1. The van der Waals surface area contributed by atoms with Crippen LogP contribution in [0.25, 0.3) is 0 Å². The first kappa shape index (κ1) is 7.80. The van der Waals surface area contributed by atoms with Gasteiger partial charge in [0.2, 0.25) is 0 Å². The molecule has 0 amide bonds. The van der Waals surface area contributed by atoms with E-state index in [0.717, 1.165) is 19.0 Å². The molecule has 12 heavy (non-hydrogen) atoms. The van der Waals surface area contributed by atoms with Crippen LogP contribution in [0, 0.1) is 0 Å². The molecule has 66 valence electrons. The van der Waals surface area contributed by atoms with Gasteiger partial charge in [-0.1, -0.05) is 0 Å². The Labute approximate surface area is 72.8 Å². The quantitative estimate of drug-likeness (QED) is 0.712. The summed E-state index contributed by atoms with van der Waals surface area (Å²) in [6.07, 6.45) is 7.62. The third-order valence-corrected chi connectivity index (χ3v) is 2.31. The van der Waals surface area contributed by atoms with Crippen molar-refractivity contribution in [3.63, 3.8) is 0 Å². The van der Waals surface area contributed by atoms with E-state index in [1.54, 1.807) is 0 Å². The number of aromatic nitrogens is 2. The normalized spacial score (nSPS) is 16.8. The average Bonchev–Trinajstić information content (AvgIpc) is 2.78. The van der Waals surface area contributed by atoms with Gasteiger partial charge in [0.15, 0.2) is 0 Å². The molecule has 3 nitrogen and oxygen atoms in total. The molecule has 1 saturated carbocycles. The van der Waals surface area contributed by atoms with Gasteiger partial charge in [-0.05, 0) is 12.8 Å². The maximum atomic E-state index is 4.07. The summed E-state index contributed by atoms with van der Waals surface area (Å²) in [6.45, 7) is 1.09. The summed E-state index contributed by atoms with van der Waals surface area (Å²) in [5, 5.41) is 3.48. The Morgan fingerprint density at radius 1 is 1.67 bits per heavy atom. The molecule has 1 aliphatic rings. The van der Waals surface area contributed by atoms with Gasteiger partial charge in [0.05, 0.1) is 6.33 Å². The van der Waals surface area contributed by atoms with Gasteiger partial charge in [-0.25, -0.2) is 4.98 Å². The van der Waals surface area contributed by atoms with Crippen molar-refractivity contribution in [1.82, 2.24) is 14.9 Å². The van der Waals surface area contributed by atoms with Crippen molar-refractivity contribution in [2.24, 2.45) is 7.05 Å². The fourth-order valence-corrected chi connectivity index (χ4v) is 1.32. The summed E-state index contributed by atoms with van der Waals surface area (Å²) in [6, 6.07) is 0.818. The van der Waals surface area contributed by atoms with Crippen LogP contribution in [0.4, 0.5) is 0 Å². The topological polar surface area (TPSA) is 29.9 Å². The number of imidazole rings is 1. The lowest BCUT2D eigenvalue weighted by atomic mass is 10.3. The van der Waals surface area contributed by atoms with Gasteiger partial charge in [-0.3, -0.25) is 0 Å². The van der Waals surface area contributed by atoms with E-state index in [1.165, 1.54) is 18.5 Å². The van der Waals surface area contributed by atoms with Crippen molar-refractivity contribution < 1.29 is 0 Å². The summed E-state index contributed by atoms with van der Waals surface area (Å²) in [5.41, 5.74) is 1.31. The lowest BCUT2D eigenvalue weighted by molar-refractivity contribution is 0.661. The van der Waals surface area contributed by atoms with Gasteiger partial charge in [0.25, 0.3) is 0 Å². The number of nitrogens with zero attached hydrogens (tertiary/aromatic N) is 2. The van der Waals surface area contributed by atoms with Crippen molar-refractivity contribution >= 4 is 0 Å². The fraction of sp³-hybridized carbons (Fsp3) is 0.667. The van der Waals surface area contributed by atoms with Crippen LogP contribution in [0.15, 0.2) is 12.5 Å². The molecule has 1 aromatic rings. The van der Waals surface area contributed by atoms with E-state index < -0.39 is 0 Å². The molecule has 2 rings (SSSR count). The van der Waals surface area contributed by atoms with Crippen molar-refractivity contribution in [3.8, 4) is 0 Å². The third-order valence-electron chi connectivity index (χ3n) is 2.31. The molecule has 0 spiro atoms. The number of nitrogens with one attached hydrogen (secondary N) is 1. The van der Waals surface area contributed by atoms with E-state index in [-0.39, 0.29) is 0 Å². The Morgan fingerprint density at radius 3 is 3.08 bits per heavy atom. The summed E-state index contributed by atoms with van der Waals surface area (Å²) in [4.78, 5) is 4.07. The van der Waals surface area contributed by atoms with Crippen LogP contribution in [0.5, 0.6) is 0 Å². The molecule has 0 radical (unpaired) electrons. The molecular formula is C9H15N3. The minimum absolute atomic E-state index is 0.818. The highest BCUT2D eigenvalue weighted by Crippen LogP contribution is 2.18. The number of hydrogen-bond acceptors (Lipinski definition) is 2. The molecular weight excluding hydrogens is 150 g/mol. The lowest BCUT2D eigenvalue weighted by Gasteiger charge is -2.02. The minimum atomic E-state index is 0.818. The monoisotopic (exact) mass is 165 g/mol. The standard InChI is InChI=1S/C9H15N3/c1-12-7-10-6-9(12)4-5-11-8-2-3-8/h6-8,11H,2-5H2,1H3. The largest absolute Gasteiger partial charge is 0.338 e. The van der Waals surface area contributed by atoms with Crippen molar-refractivity contribution in [3.05, 3.63) is 18.2 Å². The molecule has 0 saturated heterocycles. The molecule has 3 heteroatoms. The molecule has 1 N–H and O–H groups in total. The fourth-order valence-electron chi connectivity index (χ4n) is 1.32. The van der Waals surface area contributed by atoms with E-state index >= 15 is 0 Å². The molecule has 0 unspecified atom stereocenters. The first-order chi connectivity index (χ1) is 5.86. The maximum Gasteiger partial charge on any atom is 0.0945 e. The van der Waals surface area contributed by atoms with E-state index in [9.17, 15) is 0 Å². The van der Waals surface area contributed by atoms with Crippen LogP contribution in [-0.4, -0.2) is 22.1 Å². The number of rotatable bonds is 4. The second-order valence-electron chi connectivity index (χ2n) is 3.47. The molecule has 0 aliphatic heterocycles. The second-order valence-corrected chi connectivity index (χ2v) is 3.47. The zero-order chi connectivity index (χ0) is 8.39. The molecule has 1 fully saturated rings. The minimum Gasteiger partial charge on any atom is -0.338 e. The van der Waals surface area contributed by atoms with Crippen LogP contribution in [0.1, 0.15) is 18.5 Å². The highest BCUT2D eigenvalue weighted by molar-refractivity contribution is 4.98. The second kappa shape index (κ2) is 3.27. The average molecular weight is 165 g/mol. The van der Waals surface area contributed by atoms with E-state index in [1.807, 2.05) is 19.6 Å². The van der Waals surface area contributed by atoms with Gasteiger partial charge in [0, 0.05) is 37.9 Å². The van der Waals surface area contributed by atoms with Gasteiger partial charge in [-0.15, -0.1) is 0 Å². The highest BCUT2D eigenvalue weighted by Gasteiger charge is 2.19. The molecule has 1 heterocycles. The maximum absolute atomic E-state index is 4.07. The summed E-state index contributed by atoms with van der Waals surface area (Å²) >= 11 is 0. The van der Waals surface area contributed by atoms with Crippen LogP contribution >= 0.6 is 0 Å². The smallest absolute Gasteiger partial charge is 0.0945 e. The van der Waals surface area contributed by atoms with Crippen molar-refractivity contribution in [2.75, 3.05) is 6.54 Å². The Hall–Kier alpha value is -0.830. The molecule has 1 aliphatic carbocycles. The molecule has 0 atom stereocenters. The highest BCUT2D eigenvalue weighted by atomic mass is 15.0. The lowest BCUT2D eigenvalue weighted by Crippen LogP contribution is -2.19. The Bertz CT molecular complexity index is 250. The van der Waals surface area contributed by atoms with Crippen LogP contribution in [0.2, 0.25) is 0 Å². The molecule has 1 aromatic heterocycles. The predicted molar refractivity (Wildman–Crippen MR) is 47.9 cm³/mol. The van der Waals surface area contributed by atoms with Gasteiger partial charge < -0.3 is 9.88 Å². The van der Waals surface area contributed by atoms with E-state index in [4.69, 9.17) is 0 Å². The summed E-state index contributed by atoms with van der Waals surface area (Å²) in [7, 11) is 2.04. The van der Waals surface area contributed by atoms with Crippen LogP contribution < -0.4 is 5.32 Å². The first-order valence-corrected chi connectivity index (χ1v) is 4.55. The Morgan fingerprint density at radius 2 is 2.50 bits per heavy atom. The van der Waals surface area contributed by atoms with Crippen molar-refractivity contribution in [2.45, 2.75) is 25.3 Å².